The summed E-state index contributed by atoms with van der Waals surface area (Å²) in [6.07, 6.45) is 11.5. The molecule has 3 rings (SSSR count). The lowest BCUT2D eigenvalue weighted by Gasteiger charge is -2.19. The van der Waals surface area contributed by atoms with E-state index in [4.69, 9.17) is 0 Å². The van der Waals surface area contributed by atoms with Crippen molar-refractivity contribution in [3.05, 3.63) is 70.5 Å². The second kappa shape index (κ2) is 5.70. The van der Waals surface area contributed by atoms with E-state index < -0.39 is 0 Å². The highest BCUT2D eigenvalue weighted by Crippen LogP contribution is 2.28. The number of nitrogens with one attached hydrogen (secondary N) is 1. The molecule has 0 saturated heterocycles. The van der Waals surface area contributed by atoms with E-state index in [1.165, 1.54) is 28.8 Å². The van der Waals surface area contributed by atoms with Gasteiger partial charge >= 0.3 is 0 Å². The van der Waals surface area contributed by atoms with Crippen LogP contribution in [-0.2, 0) is 6.42 Å². The van der Waals surface area contributed by atoms with Crippen molar-refractivity contribution in [3.8, 4) is 0 Å². The van der Waals surface area contributed by atoms with Crippen molar-refractivity contribution in [1.29, 1.82) is 0 Å². The van der Waals surface area contributed by atoms with E-state index in [2.05, 4.69) is 61.7 Å². The number of allylic oxidation sites excluding steroid dienone is 4. The maximum absolute atomic E-state index is 3.72. The Hall–Kier alpha value is -1.76. The molecule has 104 valence electrons. The van der Waals surface area contributed by atoms with Gasteiger partial charge in [0.15, 0.2) is 0 Å². The predicted molar refractivity (Wildman–Crippen MR) is 85.6 cm³/mol. The number of hydrogen-bond acceptors (Lipinski definition) is 1. The van der Waals surface area contributed by atoms with Crippen LogP contribution in [0.1, 0.15) is 37.3 Å². The SMILES string of the molecule is CCC1=CC1NC1=C(Cc2ccccc2C)C=CCC1. The molecule has 2 aliphatic rings. The van der Waals surface area contributed by atoms with E-state index in [0.29, 0.717) is 6.04 Å². The highest BCUT2D eigenvalue weighted by Gasteiger charge is 2.24. The molecule has 0 radical (unpaired) electrons. The second-order valence-electron chi connectivity index (χ2n) is 5.77. The zero-order chi connectivity index (χ0) is 13.9. The minimum absolute atomic E-state index is 0.536. The van der Waals surface area contributed by atoms with Crippen LogP contribution in [-0.4, -0.2) is 6.04 Å². The minimum atomic E-state index is 0.536. The van der Waals surface area contributed by atoms with E-state index >= 15 is 0 Å². The first-order valence-corrected chi connectivity index (χ1v) is 7.68. The summed E-state index contributed by atoms with van der Waals surface area (Å²) < 4.78 is 0. The van der Waals surface area contributed by atoms with Crippen LogP contribution in [0, 0.1) is 6.92 Å². The Balaban J connectivity index is 1.76. The molecule has 0 amide bonds. The maximum Gasteiger partial charge on any atom is 0.0659 e. The number of hydrogen-bond donors (Lipinski definition) is 1. The van der Waals surface area contributed by atoms with Crippen molar-refractivity contribution in [3.63, 3.8) is 0 Å². The molecule has 1 N–H and O–H groups in total. The van der Waals surface area contributed by atoms with Crippen molar-refractivity contribution in [2.45, 2.75) is 45.6 Å². The third-order valence-corrected chi connectivity index (χ3v) is 4.32. The summed E-state index contributed by atoms with van der Waals surface area (Å²) in [4.78, 5) is 0. The van der Waals surface area contributed by atoms with Gasteiger partial charge in [0, 0.05) is 5.70 Å². The first kappa shape index (κ1) is 13.2. The summed E-state index contributed by atoms with van der Waals surface area (Å²) in [7, 11) is 0. The van der Waals surface area contributed by atoms with Gasteiger partial charge in [0.05, 0.1) is 6.04 Å². The minimum Gasteiger partial charge on any atom is -0.378 e. The molecule has 1 aromatic rings. The van der Waals surface area contributed by atoms with E-state index in [0.717, 1.165) is 19.3 Å². The summed E-state index contributed by atoms with van der Waals surface area (Å²) >= 11 is 0. The van der Waals surface area contributed by atoms with Crippen molar-refractivity contribution in [2.24, 2.45) is 0 Å². The summed E-state index contributed by atoms with van der Waals surface area (Å²) in [5, 5.41) is 3.72. The fourth-order valence-corrected chi connectivity index (χ4v) is 2.88. The second-order valence-corrected chi connectivity index (χ2v) is 5.77. The van der Waals surface area contributed by atoms with Crippen LogP contribution in [0.4, 0.5) is 0 Å². The predicted octanol–water partition coefficient (Wildman–Crippen LogP) is 4.45. The van der Waals surface area contributed by atoms with E-state index in [-0.39, 0.29) is 0 Å². The van der Waals surface area contributed by atoms with E-state index in [9.17, 15) is 0 Å². The summed E-state index contributed by atoms with van der Waals surface area (Å²) in [6.45, 7) is 4.43. The Bertz CT molecular complexity index is 590. The van der Waals surface area contributed by atoms with E-state index in [1.54, 1.807) is 5.57 Å². The molecule has 0 bridgehead atoms. The highest BCUT2D eigenvalue weighted by molar-refractivity contribution is 5.41. The van der Waals surface area contributed by atoms with Crippen molar-refractivity contribution >= 4 is 0 Å². The molecule has 0 spiro atoms. The van der Waals surface area contributed by atoms with Crippen LogP contribution in [0.5, 0.6) is 0 Å². The van der Waals surface area contributed by atoms with Gasteiger partial charge in [-0.05, 0) is 54.9 Å². The van der Waals surface area contributed by atoms with Gasteiger partial charge in [0.25, 0.3) is 0 Å². The van der Waals surface area contributed by atoms with E-state index in [1.807, 2.05) is 0 Å². The first-order chi connectivity index (χ1) is 9.78. The average Bonchev–Trinajstić information content (AvgIpc) is 3.22. The summed E-state index contributed by atoms with van der Waals surface area (Å²) in [5.74, 6) is 0. The van der Waals surface area contributed by atoms with Gasteiger partial charge < -0.3 is 5.32 Å². The van der Waals surface area contributed by atoms with Gasteiger partial charge in [-0.3, -0.25) is 0 Å². The molecule has 1 aromatic carbocycles. The third kappa shape index (κ3) is 2.87. The molecular formula is C19H23N. The lowest BCUT2D eigenvalue weighted by atomic mass is 9.94. The van der Waals surface area contributed by atoms with Crippen LogP contribution in [0.2, 0.25) is 0 Å². The normalized spacial score (nSPS) is 20.9. The number of benzene rings is 1. The lowest BCUT2D eigenvalue weighted by Crippen LogP contribution is -2.21. The third-order valence-electron chi connectivity index (χ3n) is 4.32. The molecule has 0 aromatic heterocycles. The molecular weight excluding hydrogens is 242 g/mol. The quantitative estimate of drug-likeness (QED) is 0.776. The molecule has 0 heterocycles. The Morgan fingerprint density at radius 2 is 2.10 bits per heavy atom. The van der Waals surface area contributed by atoms with Crippen molar-refractivity contribution in [1.82, 2.24) is 5.32 Å². The Labute approximate surface area is 122 Å². The molecule has 1 heteroatoms. The molecule has 1 unspecified atom stereocenters. The monoisotopic (exact) mass is 265 g/mol. The summed E-state index contributed by atoms with van der Waals surface area (Å²) in [6, 6.07) is 9.24. The van der Waals surface area contributed by atoms with Gasteiger partial charge in [-0.1, -0.05) is 49.4 Å². The van der Waals surface area contributed by atoms with Crippen LogP contribution in [0.25, 0.3) is 0 Å². The molecule has 0 saturated carbocycles. The van der Waals surface area contributed by atoms with Gasteiger partial charge in [0.2, 0.25) is 0 Å². The van der Waals surface area contributed by atoms with Crippen LogP contribution < -0.4 is 5.32 Å². The largest absolute Gasteiger partial charge is 0.378 e. The zero-order valence-corrected chi connectivity index (χ0v) is 12.4. The zero-order valence-electron chi connectivity index (χ0n) is 12.4. The lowest BCUT2D eigenvalue weighted by molar-refractivity contribution is 0.733. The fraction of sp³-hybridized carbons (Fsp3) is 0.368. The fourth-order valence-electron chi connectivity index (χ4n) is 2.88. The maximum atomic E-state index is 3.72. The molecule has 0 fully saturated rings. The standard InChI is InChI=1S/C19H23N/c1-3-15-13-19(15)20-18-11-7-6-10-17(18)12-16-9-5-4-8-14(16)2/h4-6,8-10,13,19-20H,3,7,11-12H2,1-2H3. The molecule has 1 atom stereocenters. The summed E-state index contributed by atoms with van der Waals surface area (Å²) in [5.41, 5.74) is 7.29. The van der Waals surface area contributed by atoms with Crippen LogP contribution in [0.3, 0.4) is 0 Å². The first-order valence-electron chi connectivity index (χ1n) is 7.68. The molecule has 1 nitrogen and oxygen atoms in total. The van der Waals surface area contributed by atoms with Gasteiger partial charge in [-0.15, -0.1) is 0 Å². The van der Waals surface area contributed by atoms with Crippen LogP contribution >= 0.6 is 0 Å². The van der Waals surface area contributed by atoms with Crippen molar-refractivity contribution in [2.75, 3.05) is 0 Å². The van der Waals surface area contributed by atoms with Gasteiger partial charge in [-0.2, -0.15) is 0 Å². The molecule has 2 aliphatic carbocycles. The number of aryl methyl sites for hydroxylation is 1. The van der Waals surface area contributed by atoms with Gasteiger partial charge in [-0.25, -0.2) is 0 Å². The average molecular weight is 265 g/mol. The van der Waals surface area contributed by atoms with Crippen LogP contribution in [0.15, 0.2) is 59.3 Å². The Morgan fingerprint density at radius 1 is 1.25 bits per heavy atom. The smallest absolute Gasteiger partial charge is 0.0659 e. The van der Waals surface area contributed by atoms with Crippen molar-refractivity contribution < 1.29 is 0 Å². The highest BCUT2D eigenvalue weighted by atomic mass is 15.0. The molecule has 20 heavy (non-hydrogen) atoms. The Kier molecular flexibility index (Phi) is 3.77. The Morgan fingerprint density at radius 3 is 2.85 bits per heavy atom. The number of rotatable bonds is 5. The molecule has 0 aliphatic heterocycles. The van der Waals surface area contributed by atoms with Gasteiger partial charge in [0.1, 0.15) is 0 Å². The topological polar surface area (TPSA) is 12.0 Å².